The first kappa shape index (κ1) is 13.1. The van der Waals surface area contributed by atoms with Crippen LogP contribution in [0.4, 0.5) is 5.69 Å². The van der Waals surface area contributed by atoms with Crippen molar-refractivity contribution in [1.29, 1.82) is 0 Å². The van der Waals surface area contributed by atoms with Gasteiger partial charge >= 0.3 is 5.97 Å². The average Bonchev–Trinajstić information content (AvgIpc) is 2.78. The molecule has 1 atom stereocenters. The summed E-state index contributed by atoms with van der Waals surface area (Å²) in [5.74, 6) is -1.42. The van der Waals surface area contributed by atoms with Crippen molar-refractivity contribution in [2.75, 3.05) is 5.32 Å². The number of benzene rings is 1. The Morgan fingerprint density at radius 3 is 2.68 bits per heavy atom. The Kier molecular flexibility index (Phi) is 3.50. The summed E-state index contributed by atoms with van der Waals surface area (Å²) < 4.78 is 0. The first-order chi connectivity index (χ1) is 8.97. The van der Waals surface area contributed by atoms with Crippen molar-refractivity contribution in [3.05, 3.63) is 29.3 Å². The van der Waals surface area contributed by atoms with Crippen LogP contribution in [0.5, 0.6) is 0 Å². The monoisotopic (exact) mass is 262 g/mol. The number of anilines is 1. The second-order valence-electron chi connectivity index (χ2n) is 4.48. The number of aryl methyl sites for hydroxylation is 1. The molecular formula is C13H14N2O4. The van der Waals surface area contributed by atoms with Crippen molar-refractivity contribution in [1.82, 2.24) is 5.32 Å². The lowest BCUT2D eigenvalue weighted by molar-refractivity contribution is -0.122. The predicted octanol–water partition coefficient (Wildman–Crippen LogP) is 0.910. The van der Waals surface area contributed by atoms with E-state index in [-0.39, 0.29) is 17.4 Å². The van der Waals surface area contributed by atoms with E-state index in [0.29, 0.717) is 24.1 Å². The smallest absolute Gasteiger partial charge is 0.335 e. The Balaban J connectivity index is 2.09. The van der Waals surface area contributed by atoms with Gasteiger partial charge in [-0.1, -0.05) is 0 Å². The van der Waals surface area contributed by atoms with E-state index in [2.05, 4.69) is 10.6 Å². The number of carboxylic acid groups (broad SMARTS) is 1. The summed E-state index contributed by atoms with van der Waals surface area (Å²) in [6, 6.07) is 3.96. The molecule has 2 amide bonds. The molecular weight excluding hydrogens is 248 g/mol. The van der Waals surface area contributed by atoms with E-state index in [1.807, 2.05) is 0 Å². The van der Waals surface area contributed by atoms with E-state index in [0.717, 1.165) is 0 Å². The van der Waals surface area contributed by atoms with E-state index in [9.17, 15) is 14.4 Å². The number of hydrogen-bond donors (Lipinski definition) is 3. The molecule has 1 fully saturated rings. The fourth-order valence-electron chi connectivity index (χ4n) is 1.97. The number of aromatic carboxylic acids is 1. The highest BCUT2D eigenvalue weighted by atomic mass is 16.4. The number of hydrogen-bond acceptors (Lipinski definition) is 3. The van der Waals surface area contributed by atoms with Gasteiger partial charge in [-0.15, -0.1) is 0 Å². The summed E-state index contributed by atoms with van der Waals surface area (Å²) >= 11 is 0. The molecule has 0 radical (unpaired) electrons. The molecule has 100 valence electrons. The van der Waals surface area contributed by atoms with Crippen LogP contribution in [-0.2, 0) is 9.59 Å². The van der Waals surface area contributed by atoms with Crippen LogP contribution < -0.4 is 10.6 Å². The van der Waals surface area contributed by atoms with Gasteiger partial charge in [0.25, 0.3) is 0 Å². The number of carboxylic acids is 1. The van der Waals surface area contributed by atoms with Crippen LogP contribution in [0.2, 0.25) is 0 Å². The fourth-order valence-corrected chi connectivity index (χ4v) is 1.97. The number of carbonyl (C=O) groups is 3. The third-order valence-corrected chi connectivity index (χ3v) is 3.04. The van der Waals surface area contributed by atoms with Crippen molar-refractivity contribution >= 4 is 23.5 Å². The van der Waals surface area contributed by atoms with E-state index in [1.165, 1.54) is 12.1 Å². The van der Waals surface area contributed by atoms with Crippen LogP contribution in [0.15, 0.2) is 18.2 Å². The lowest BCUT2D eigenvalue weighted by Crippen LogP contribution is -2.37. The topological polar surface area (TPSA) is 95.5 Å². The van der Waals surface area contributed by atoms with Gasteiger partial charge in [0.1, 0.15) is 6.04 Å². The standard InChI is InChI=1S/C13H14N2O4/c1-7-6-8(13(18)19)2-3-9(7)15-12(17)10-4-5-11(16)14-10/h2-3,6,10H,4-5H2,1H3,(H,14,16)(H,15,17)(H,18,19). The summed E-state index contributed by atoms with van der Waals surface area (Å²) in [7, 11) is 0. The molecule has 1 heterocycles. The molecule has 1 aliphatic rings. The van der Waals surface area contributed by atoms with Crippen LogP contribution in [0.1, 0.15) is 28.8 Å². The molecule has 6 heteroatoms. The van der Waals surface area contributed by atoms with Crippen molar-refractivity contribution in [2.24, 2.45) is 0 Å². The highest BCUT2D eigenvalue weighted by Crippen LogP contribution is 2.18. The van der Waals surface area contributed by atoms with Crippen LogP contribution >= 0.6 is 0 Å². The molecule has 6 nitrogen and oxygen atoms in total. The summed E-state index contributed by atoms with van der Waals surface area (Å²) in [5.41, 5.74) is 1.39. The third kappa shape index (κ3) is 2.90. The fraction of sp³-hybridized carbons (Fsp3) is 0.308. The molecule has 0 spiro atoms. The minimum absolute atomic E-state index is 0.127. The SMILES string of the molecule is Cc1cc(C(=O)O)ccc1NC(=O)C1CCC(=O)N1. The highest BCUT2D eigenvalue weighted by molar-refractivity contribution is 5.99. The maximum Gasteiger partial charge on any atom is 0.335 e. The Morgan fingerprint density at radius 1 is 1.42 bits per heavy atom. The van der Waals surface area contributed by atoms with E-state index in [4.69, 9.17) is 5.11 Å². The van der Waals surface area contributed by atoms with Gasteiger partial charge in [0.2, 0.25) is 11.8 Å². The zero-order valence-corrected chi connectivity index (χ0v) is 10.4. The maximum absolute atomic E-state index is 11.9. The van der Waals surface area contributed by atoms with Crippen LogP contribution in [0.25, 0.3) is 0 Å². The number of nitrogens with one attached hydrogen (secondary N) is 2. The van der Waals surface area contributed by atoms with E-state index < -0.39 is 12.0 Å². The zero-order valence-electron chi connectivity index (χ0n) is 10.4. The molecule has 1 aromatic carbocycles. The Hall–Kier alpha value is -2.37. The Bertz CT molecular complexity index is 554. The summed E-state index contributed by atoms with van der Waals surface area (Å²) in [5, 5.41) is 14.1. The molecule has 0 saturated carbocycles. The molecule has 1 aromatic rings. The van der Waals surface area contributed by atoms with Crippen LogP contribution in [-0.4, -0.2) is 28.9 Å². The predicted molar refractivity (Wildman–Crippen MR) is 67.9 cm³/mol. The molecule has 1 saturated heterocycles. The van der Waals surface area contributed by atoms with Crippen molar-refractivity contribution in [2.45, 2.75) is 25.8 Å². The number of rotatable bonds is 3. The number of amides is 2. The van der Waals surface area contributed by atoms with Crippen molar-refractivity contribution in [3.8, 4) is 0 Å². The summed E-state index contributed by atoms with van der Waals surface area (Å²) in [4.78, 5) is 33.7. The summed E-state index contributed by atoms with van der Waals surface area (Å²) in [6.45, 7) is 1.72. The molecule has 2 rings (SSSR count). The summed E-state index contributed by atoms with van der Waals surface area (Å²) in [6.07, 6.45) is 0.839. The van der Waals surface area contributed by atoms with Gasteiger partial charge in [-0.25, -0.2) is 4.79 Å². The molecule has 1 aliphatic heterocycles. The van der Waals surface area contributed by atoms with E-state index in [1.54, 1.807) is 13.0 Å². The lowest BCUT2D eigenvalue weighted by atomic mass is 10.1. The second kappa shape index (κ2) is 5.09. The van der Waals surface area contributed by atoms with E-state index >= 15 is 0 Å². The first-order valence-electron chi connectivity index (χ1n) is 5.91. The van der Waals surface area contributed by atoms with Gasteiger partial charge in [-0.2, -0.15) is 0 Å². The lowest BCUT2D eigenvalue weighted by Gasteiger charge is -2.13. The average molecular weight is 262 g/mol. The van der Waals surface area contributed by atoms with Crippen molar-refractivity contribution in [3.63, 3.8) is 0 Å². The normalized spacial score (nSPS) is 17.9. The highest BCUT2D eigenvalue weighted by Gasteiger charge is 2.27. The minimum Gasteiger partial charge on any atom is -0.478 e. The molecule has 0 aromatic heterocycles. The first-order valence-corrected chi connectivity index (χ1v) is 5.91. The number of carbonyl (C=O) groups excluding carboxylic acids is 2. The molecule has 3 N–H and O–H groups in total. The molecule has 1 unspecified atom stereocenters. The molecule has 0 aliphatic carbocycles. The second-order valence-corrected chi connectivity index (χ2v) is 4.48. The van der Waals surface area contributed by atoms with Crippen LogP contribution in [0, 0.1) is 6.92 Å². The maximum atomic E-state index is 11.9. The Morgan fingerprint density at radius 2 is 2.16 bits per heavy atom. The van der Waals surface area contributed by atoms with Gasteiger partial charge in [-0.05, 0) is 37.1 Å². The van der Waals surface area contributed by atoms with Gasteiger partial charge in [-0.3, -0.25) is 9.59 Å². The molecule has 19 heavy (non-hydrogen) atoms. The van der Waals surface area contributed by atoms with Crippen LogP contribution in [0.3, 0.4) is 0 Å². The van der Waals surface area contributed by atoms with Gasteiger partial charge in [0, 0.05) is 12.1 Å². The van der Waals surface area contributed by atoms with Gasteiger partial charge in [0.15, 0.2) is 0 Å². The third-order valence-electron chi connectivity index (χ3n) is 3.04. The van der Waals surface area contributed by atoms with Gasteiger partial charge in [0.05, 0.1) is 5.56 Å². The van der Waals surface area contributed by atoms with Gasteiger partial charge < -0.3 is 15.7 Å². The quantitative estimate of drug-likeness (QED) is 0.754. The Labute approximate surface area is 109 Å². The largest absolute Gasteiger partial charge is 0.478 e. The van der Waals surface area contributed by atoms with Crippen molar-refractivity contribution < 1.29 is 19.5 Å². The minimum atomic E-state index is -1.01. The molecule has 0 bridgehead atoms. The zero-order chi connectivity index (χ0) is 14.0.